The lowest BCUT2D eigenvalue weighted by atomic mass is 9.96. The summed E-state index contributed by atoms with van der Waals surface area (Å²) in [6.07, 6.45) is 11.2. The fourth-order valence-corrected chi connectivity index (χ4v) is 5.35. The van der Waals surface area contributed by atoms with Gasteiger partial charge in [-0.25, -0.2) is 4.79 Å². The average molecular weight is 640 g/mol. The number of nitrogens with zero attached hydrogens (tertiary/aromatic N) is 1. The fraction of sp³-hybridized carbons (Fsp3) is 0.410. The third-order valence-corrected chi connectivity index (χ3v) is 7.68. The summed E-state index contributed by atoms with van der Waals surface area (Å²) >= 11 is 0. The van der Waals surface area contributed by atoms with Crippen LogP contribution in [0, 0.1) is 12.3 Å². The van der Waals surface area contributed by atoms with Crippen molar-refractivity contribution in [1.82, 2.24) is 15.5 Å². The summed E-state index contributed by atoms with van der Waals surface area (Å²) in [6, 6.07) is 21.0. The minimum absolute atomic E-state index is 0.0856. The number of alkyl carbamates (subject to hydrolysis) is 1. The van der Waals surface area contributed by atoms with Gasteiger partial charge >= 0.3 is 6.09 Å². The molecule has 2 unspecified atom stereocenters. The first-order chi connectivity index (χ1) is 22.5. The number of hydrogen-bond acceptors (Lipinski definition) is 5. The molecule has 3 amide bonds. The predicted molar refractivity (Wildman–Crippen MR) is 185 cm³/mol. The van der Waals surface area contributed by atoms with Crippen molar-refractivity contribution < 1.29 is 24.2 Å². The third kappa shape index (κ3) is 12.2. The minimum Gasteiger partial charge on any atom is -0.508 e. The summed E-state index contributed by atoms with van der Waals surface area (Å²) in [4.78, 5) is 43.6. The second-order valence-corrected chi connectivity index (χ2v) is 12.7. The summed E-state index contributed by atoms with van der Waals surface area (Å²) in [7, 11) is 0. The number of phenolic OH excluding ortho intramolecular Hbond substituents is 1. The number of phenols is 1. The third-order valence-electron chi connectivity index (χ3n) is 7.68. The molecule has 250 valence electrons. The van der Waals surface area contributed by atoms with Gasteiger partial charge in [0.25, 0.3) is 0 Å². The van der Waals surface area contributed by atoms with Gasteiger partial charge < -0.3 is 25.4 Å². The molecule has 0 spiro atoms. The lowest BCUT2D eigenvalue weighted by Gasteiger charge is -2.35. The molecule has 3 rings (SSSR count). The van der Waals surface area contributed by atoms with Gasteiger partial charge in [-0.2, -0.15) is 0 Å². The SMILES string of the molecule is C#Cc1ccccc1C(C(=O)NCc1ccccc1)N(CCCCCCCC)C(=O)C(Cc1ccc(O)cc1)NC(=O)OC(C)(C)C. The normalized spacial score (nSPS) is 12.3. The van der Waals surface area contributed by atoms with Gasteiger partial charge in [-0.15, -0.1) is 6.42 Å². The number of nitrogens with one attached hydrogen (secondary N) is 2. The van der Waals surface area contributed by atoms with E-state index in [2.05, 4.69) is 23.5 Å². The van der Waals surface area contributed by atoms with Crippen molar-refractivity contribution in [2.24, 2.45) is 0 Å². The maximum atomic E-state index is 14.7. The van der Waals surface area contributed by atoms with Crippen LogP contribution in [0.4, 0.5) is 4.79 Å². The summed E-state index contributed by atoms with van der Waals surface area (Å²) in [5.41, 5.74) is 1.87. The smallest absolute Gasteiger partial charge is 0.408 e. The highest BCUT2D eigenvalue weighted by atomic mass is 16.6. The Morgan fingerprint density at radius 1 is 0.872 bits per heavy atom. The Morgan fingerprint density at radius 3 is 2.17 bits per heavy atom. The Kier molecular flexibility index (Phi) is 14.4. The number of carbonyl (C=O) groups is 3. The van der Waals surface area contributed by atoms with Crippen LogP contribution in [-0.4, -0.2) is 46.1 Å². The van der Waals surface area contributed by atoms with Crippen LogP contribution in [0.1, 0.15) is 94.5 Å². The number of hydrogen-bond donors (Lipinski definition) is 3. The highest BCUT2D eigenvalue weighted by Crippen LogP contribution is 2.27. The van der Waals surface area contributed by atoms with E-state index in [1.807, 2.05) is 30.3 Å². The molecule has 0 aromatic heterocycles. The van der Waals surface area contributed by atoms with E-state index in [1.54, 1.807) is 62.1 Å². The van der Waals surface area contributed by atoms with E-state index in [-0.39, 0.29) is 31.2 Å². The molecule has 0 saturated heterocycles. The van der Waals surface area contributed by atoms with Crippen LogP contribution in [0.2, 0.25) is 0 Å². The number of terminal acetylenes is 1. The molecular weight excluding hydrogens is 590 g/mol. The summed E-state index contributed by atoms with van der Waals surface area (Å²) < 4.78 is 5.54. The van der Waals surface area contributed by atoms with E-state index in [1.165, 1.54) is 12.1 Å². The van der Waals surface area contributed by atoms with E-state index >= 15 is 0 Å². The van der Waals surface area contributed by atoms with Crippen LogP contribution < -0.4 is 10.6 Å². The molecule has 0 saturated carbocycles. The van der Waals surface area contributed by atoms with Gasteiger partial charge in [-0.3, -0.25) is 9.59 Å². The van der Waals surface area contributed by atoms with Gasteiger partial charge in [-0.1, -0.05) is 106 Å². The second kappa shape index (κ2) is 18.4. The zero-order valence-electron chi connectivity index (χ0n) is 28.1. The molecule has 8 nitrogen and oxygen atoms in total. The van der Waals surface area contributed by atoms with E-state index in [0.29, 0.717) is 23.1 Å². The molecule has 0 aliphatic rings. The maximum Gasteiger partial charge on any atom is 0.408 e. The zero-order valence-corrected chi connectivity index (χ0v) is 28.1. The number of amides is 3. The molecule has 2 atom stereocenters. The minimum atomic E-state index is -1.07. The number of aromatic hydroxyl groups is 1. The van der Waals surface area contributed by atoms with E-state index in [9.17, 15) is 19.5 Å². The van der Waals surface area contributed by atoms with E-state index in [4.69, 9.17) is 11.2 Å². The summed E-state index contributed by atoms with van der Waals surface area (Å²) in [6.45, 7) is 7.94. The van der Waals surface area contributed by atoms with Crippen molar-refractivity contribution in [3.8, 4) is 18.1 Å². The van der Waals surface area contributed by atoms with Crippen LogP contribution in [0.25, 0.3) is 0 Å². The van der Waals surface area contributed by atoms with Crippen LogP contribution in [0.5, 0.6) is 5.75 Å². The van der Waals surface area contributed by atoms with Crippen molar-refractivity contribution in [1.29, 1.82) is 0 Å². The van der Waals surface area contributed by atoms with Crippen LogP contribution >= 0.6 is 0 Å². The Balaban J connectivity index is 2.05. The topological polar surface area (TPSA) is 108 Å². The Hall–Kier alpha value is -4.77. The second-order valence-electron chi connectivity index (χ2n) is 12.7. The van der Waals surface area contributed by atoms with Gasteiger partial charge in [0.05, 0.1) is 0 Å². The quantitative estimate of drug-likeness (QED) is 0.115. The van der Waals surface area contributed by atoms with Crippen LogP contribution in [0.15, 0.2) is 78.9 Å². The van der Waals surface area contributed by atoms with E-state index in [0.717, 1.165) is 37.7 Å². The first-order valence-corrected chi connectivity index (χ1v) is 16.5. The first kappa shape index (κ1) is 36.7. The maximum absolute atomic E-state index is 14.7. The Morgan fingerprint density at radius 2 is 1.51 bits per heavy atom. The molecule has 8 heteroatoms. The first-order valence-electron chi connectivity index (χ1n) is 16.5. The summed E-state index contributed by atoms with van der Waals surface area (Å²) in [5.74, 6) is 1.96. The number of carbonyl (C=O) groups excluding carboxylic acids is 3. The van der Waals surface area contributed by atoms with Gasteiger partial charge in [-0.05, 0) is 62.1 Å². The molecule has 47 heavy (non-hydrogen) atoms. The predicted octanol–water partition coefficient (Wildman–Crippen LogP) is 7.06. The molecule has 0 aliphatic carbocycles. The van der Waals surface area contributed by atoms with Crippen molar-refractivity contribution in [3.63, 3.8) is 0 Å². The number of unbranched alkanes of at least 4 members (excludes halogenated alkanes) is 5. The van der Waals surface area contributed by atoms with Crippen molar-refractivity contribution in [2.45, 2.75) is 96.9 Å². The number of benzene rings is 3. The number of ether oxygens (including phenoxy) is 1. The molecule has 0 fully saturated rings. The van der Waals surface area contributed by atoms with Crippen molar-refractivity contribution in [2.75, 3.05) is 6.54 Å². The van der Waals surface area contributed by atoms with Gasteiger partial charge in [0, 0.05) is 25.1 Å². The molecule has 3 N–H and O–H groups in total. The van der Waals surface area contributed by atoms with Crippen molar-refractivity contribution >= 4 is 17.9 Å². The molecule has 3 aromatic carbocycles. The molecule has 0 bridgehead atoms. The van der Waals surface area contributed by atoms with Crippen LogP contribution in [-0.2, 0) is 27.3 Å². The lowest BCUT2D eigenvalue weighted by molar-refractivity contribution is -0.142. The standard InChI is InChI=1S/C39H49N3O5/c1-6-8-9-10-11-17-26-42(37(45)34(41-38(46)47-39(3,4)5)27-29-22-24-32(43)25-23-29)35(33-21-16-15-20-31(33)7-2)36(44)40-28-30-18-13-12-14-19-30/h2,12-16,18-25,34-35,43H,6,8-11,17,26-28H2,1,3-5H3,(H,40,44)(H,41,46). The van der Waals surface area contributed by atoms with Crippen LogP contribution in [0.3, 0.4) is 0 Å². The Bertz CT molecular complexity index is 1470. The highest BCUT2D eigenvalue weighted by Gasteiger charge is 2.37. The molecule has 3 aromatic rings. The largest absolute Gasteiger partial charge is 0.508 e. The Labute approximate surface area is 279 Å². The molecular formula is C39H49N3O5. The van der Waals surface area contributed by atoms with Gasteiger partial charge in [0.2, 0.25) is 11.8 Å². The van der Waals surface area contributed by atoms with Gasteiger partial charge in [0.1, 0.15) is 23.4 Å². The molecule has 0 heterocycles. The van der Waals surface area contributed by atoms with Gasteiger partial charge in [0.15, 0.2) is 0 Å². The fourth-order valence-electron chi connectivity index (χ4n) is 5.35. The van der Waals surface area contributed by atoms with Crippen molar-refractivity contribution in [3.05, 3.63) is 101 Å². The molecule has 0 aliphatic heterocycles. The zero-order chi connectivity index (χ0) is 34.2. The average Bonchev–Trinajstić information content (AvgIpc) is 3.04. The van der Waals surface area contributed by atoms with E-state index < -0.39 is 29.7 Å². The lowest BCUT2D eigenvalue weighted by Crippen LogP contribution is -2.54. The highest BCUT2D eigenvalue weighted by molar-refractivity contribution is 5.92. The summed E-state index contributed by atoms with van der Waals surface area (Å²) in [5, 5.41) is 15.7. The monoisotopic (exact) mass is 639 g/mol. The number of rotatable bonds is 16. The molecule has 0 radical (unpaired) electrons.